The summed E-state index contributed by atoms with van der Waals surface area (Å²) in [5, 5.41) is 3.56. The second-order valence-corrected chi connectivity index (χ2v) is 7.38. The van der Waals surface area contributed by atoms with Crippen LogP contribution in [0.5, 0.6) is 11.5 Å². The number of halogens is 1. The van der Waals surface area contributed by atoms with E-state index in [4.69, 9.17) is 21.1 Å². The molecule has 0 bridgehead atoms. The monoisotopic (exact) mass is 424 g/mol. The SMILES string of the molecule is CCOC(C)Cc1ccc(C(=O)Nc2ccc(Oc3ccc(Cl)cc3)cc2)c(C)n1. The largest absolute Gasteiger partial charge is 0.457 e. The highest BCUT2D eigenvalue weighted by Crippen LogP contribution is 2.24. The van der Waals surface area contributed by atoms with E-state index in [1.807, 2.05) is 32.9 Å². The zero-order valence-corrected chi connectivity index (χ0v) is 18.1. The van der Waals surface area contributed by atoms with Gasteiger partial charge in [0.1, 0.15) is 11.5 Å². The van der Waals surface area contributed by atoms with E-state index >= 15 is 0 Å². The lowest BCUT2D eigenvalue weighted by atomic mass is 10.1. The Kier molecular flexibility index (Phi) is 7.44. The minimum absolute atomic E-state index is 0.0928. The van der Waals surface area contributed by atoms with Gasteiger partial charge in [0.05, 0.1) is 17.4 Å². The van der Waals surface area contributed by atoms with E-state index in [-0.39, 0.29) is 12.0 Å². The maximum absolute atomic E-state index is 12.7. The highest BCUT2D eigenvalue weighted by Gasteiger charge is 2.13. The van der Waals surface area contributed by atoms with Crippen LogP contribution in [0.4, 0.5) is 5.69 Å². The Morgan fingerprint density at radius 3 is 2.27 bits per heavy atom. The van der Waals surface area contributed by atoms with Crippen molar-refractivity contribution in [3.05, 3.63) is 82.6 Å². The zero-order chi connectivity index (χ0) is 21.5. The lowest BCUT2D eigenvalue weighted by Crippen LogP contribution is -2.16. The van der Waals surface area contributed by atoms with E-state index in [1.165, 1.54) is 0 Å². The average molecular weight is 425 g/mol. The van der Waals surface area contributed by atoms with Crippen LogP contribution >= 0.6 is 11.6 Å². The molecule has 0 aliphatic heterocycles. The summed E-state index contributed by atoms with van der Waals surface area (Å²) in [5.41, 5.74) is 2.83. The van der Waals surface area contributed by atoms with Gasteiger partial charge in [0.15, 0.2) is 0 Å². The molecule has 3 rings (SSSR count). The van der Waals surface area contributed by atoms with Crippen LogP contribution in [0.15, 0.2) is 60.7 Å². The third kappa shape index (κ3) is 6.05. The van der Waals surface area contributed by atoms with Crippen molar-refractivity contribution in [1.82, 2.24) is 4.98 Å². The first kappa shape index (κ1) is 21.8. The van der Waals surface area contributed by atoms with E-state index in [1.54, 1.807) is 48.5 Å². The summed E-state index contributed by atoms with van der Waals surface area (Å²) in [4.78, 5) is 17.2. The molecule has 1 N–H and O–H groups in total. The number of aromatic nitrogens is 1. The average Bonchev–Trinajstić information content (AvgIpc) is 2.71. The fourth-order valence-electron chi connectivity index (χ4n) is 3.05. The predicted octanol–water partition coefficient (Wildman–Crippen LogP) is 6.06. The number of benzene rings is 2. The molecule has 1 amide bonds. The molecule has 0 fully saturated rings. The molecule has 1 heterocycles. The van der Waals surface area contributed by atoms with E-state index in [2.05, 4.69) is 10.3 Å². The molecule has 0 radical (unpaired) electrons. The second-order valence-electron chi connectivity index (χ2n) is 6.94. The van der Waals surface area contributed by atoms with E-state index in [0.717, 1.165) is 5.69 Å². The van der Waals surface area contributed by atoms with Gasteiger partial charge >= 0.3 is 0 Å². The van der Waals surface area contributed by atoms with Crippen molar-refractivity contribution < 1.29 is 14.3 Å². The molecule has 3 aromatic rings. The van der Waals surface area contributed by atoms with Crippen LogP contribution in [0, 0.1) is 6.92 Å². The van der Waals surface area contributed by atoms with Gasteiger partial charge in [0.25, 0.3) is 5.91 Å². The summed E-state index contributed by atoms with van der Waals surface area (Å²) in [6.45, 7) is 6.50. The van der Waals surface area contributed by atoms with Gasteiger partial charge in [0, 0.05) is 29.4 Å². The molecule has 156 valence electrons. The molecule has 0 spiro atoms. The smallest absolute Gasteiger partial charge is 0.257 e. The number of hydrogen-bond donors (Lipinski definition) is 1. The van der Waals surface area contributed by atoms with Gasteiger partial charge in [0.2, 0.25) is 0 Å². The topological polar surface area (TPSA) is 60.5 Å². The first-order chi connectivity index (χ1) is 14.4. The first-order valence-corrected chi connectivity index (χ1v) is 10.3. The Morgan fingerprint density at radius 2 is 1.67 bits per heavy atom. The number of rotatable bonds is 8. The zero-order valence-electron chi connectivity index (χ0n) is 17.3. The summed E-state index contributed by atoms with van der Waals surface area (Å²) in [7, 11) is 0. The third-order valence-corrected chi connectivity index (χ3v) is 4.75. The number of pyridine rings is 1. The predicted molar refractivity (Wildman–Crippen MR) is 120 cm³/mol. The van der Waals surface area contributed by atoms with Crippen molar-refractivity contribution >= 4 is 23.2 Å². The molecule has 30 heavy (non-hydrogen) atoms. The highest BCUT2D eigenvalue weighted by molar-refractivity contribution is 6.30. The number of anilines is 1. The summed E-state index contributed by atoms with van der Waals surface area (Å²) in [5.74, 6) is 1.16. The van der Waals surface area contributed by atoms with Crippen LogP contribution in [0.1, 0.15) is 35.6 Å². The molecule has 1 aromatic heterocycles. The molecule has 0 saturated heterocycles. The summed E-state index contributed by atoms with van der Waals surface area (Å²) in [6.07, 6.45) is 0.807. The Balaban J connectivity index is 1.62. The van der Waals surface area contributed by atoms with Gasteiger partial charge in [-0.1, -0.05) is 11.6 Å². The molecule has 5 nitrogen and oxygen atoms in total. The molecular weight excluding hydrogens is 400 g/mol. The normalized spacial score (nSPS) is 11.7. The first-order valence-electron chi connectivity index (χ1n) is 9.87. The molecule has 0 saturated carbocycles. The summed E-state index contributed by atoms with van der Waals surface area (Å²) < 4.78 is 11.3. The van der Waals surface area contributed by atoms with Crippen LogP contribution in [0.25, 0.3) is 0 Å². The maximum atomic E-state index is 12.7. The Bertz CT molecular complexity index is 988. The fraction of sp³-hybridized carbons (Fsp3) is 0.250. The fourth-order valence-corrected chi connectivity index (χ4v) is 3.17. The van der Waals surface area contributed by atoms with E-state index < -0.39 is 0 Å². The number of aryl methyl sites for hydroxylation is 1. The molecular formula is C24H25ClN2O3. The number of carbonyl (C=O) groups excluding carboxylic acids is 1. The van der Waals surface area contributed by atoms with Gasteiger partial charge < -0.3 is 14.8 Å². The number of nitrogens with zero attached hydrogens (tertiary/aromatic N) is 1. The minimum atomic E-state index is -0.198. The van der Waals surface area contributed by atoms with Crippen molar-refractivity contribution in [2.45, 2.75) is 33.3 Å². The third-order valence-electron chi connectivity index (χ3n) is 4.50. The number of hydrogen-bond acceptors (Lipinski definition) is 4. The van der Waals surface area contributed by atoms with Gasteiger partial charge in [-0.25, -0.2) is 0 Å². The van der Waals surface area contributed by atoms with Gasteiger partial charge in [-0.3, -0.25) is 9.78 Å². The van der Waals surface area contributed by atoms with Crippen molar-refractivity contribution in [3.63, 3.8) is 0 Å². The molecule has 6 heteroatoms. The van der Waals surface area contributed by atoms with Crippen molar-refractivity contribution in [1.29, 1.82) is 0 Å². The van der Waals surface area contributed by atoms with E-state index in [0.29, 0.717) is 46.5 Å². The van der Waals surface area contributed by atoms with E-state index in [9.17, 15) is 4.79 Å². The van der Waals surface area contributed by atoms with Crippen molar-refractivity contribution in [2.75, 3.05) is 11.9 Å². The van der Waals surface area contributed by atoms with Crippen LogP contribution in [-0.2, 0) is 11.2 Å². The number of amides is 1. The summed E-state index contributed by atoms with van der Waals surface area (Å²) in [6, 6.07) is 18.0. The number of ether oxygens (including phenoxy) is 2. The van der Waals surface area contributed by atoms with Gasteiger partial charge in [-0.2, -0.15) is 0 Å². The lowest BCUT2D eigenvalue weighted by molar-refractivity contribution is 0.0761. The van der Waals surface area contributed by atoms with Crippen molar-refractivity contribution in [2.24, 2.45) is 0 Å². The maximum Gasteiger partial charge on any atom is 0.257 e. The highest BCUT2D eigenvalue weighted by atomic mass is 35.5. The standard InChI is InChI=1S/C24H25ClN2O3/c1-4-29-16(2)15-20-9-14-23(17(3)26-20)24(28)27-19-7-12-22(13-8-19)30-21-10-5-18(25)6-11-21/h5-14,16H,4,15H2,1-3H3,(H,27,28). The lowest BCUT2D eigenvalue weighted by Gasteiger charge is -2.13. The second kappa shape index (κ2) is 10.2. The van der Waals surface area contributed by atoms with Crippen LogP contribution < -0.4 is 10.1 Å². The molecule has 0 aliphatic carbocycles. The van der Waals surface area contributed by atoms with Gasteiger partial charge in [-0.15, -0.1) is 0 Å². The van der Waals surface area contributed by atoms with Gasteiger partial charge in [-0.05, 0) is 81.4 Å². The minimum Gasteiger partial charge on any atom is -0.457 e. The Morgan fingerprint density at radius 1 is 1.03 bits per heavy atom. The molecule has 2 aromatic carbocycles. The van der Waals surface area contributed by atoms with Crippen LogP contribution in [-0.4, -0.2) is 23.6 Å². The number of nitrogens with one attached hydrogen (secondary N) is 1. The van der Waals surface area contributed by atoms with Crippen LogP contribution in [0.3, 0.4) is 0 Å². The molecule has 0 aliphatic rings. The quantitative estimate of drug-likeness (QED) is 0.477. The Labute approximate surface area is 182 Å². The van der Waals surface area contributed by atoms with Crippen LogP contribution in [0.2, 0.25) is 5.02 Å². The summed E-state index contributed by atoms with van der Waals surface area (Å²) >= 11 is 5.88. The number of carbonyl (C=O) groups is 1. The Hall–Kier alpha value is -2.89. The molecule has 1 unspecified atom stereocenters. The molecule has 1 atom stereocenters. The van der Waals surface area contributed by atoms with Crippen molar-refractivity contribution in [3.8, 4) is 11.5 Å².